The highest BCUT2D eigenvalue weighted by Crippen LogP contribution is 2.28. The van der Waals surface area contributed by atoms with Crippen molar-refractivity contribution in [2.45, 2.75) is 6.92 Å². The van der Waals surface area contributed by atoms with Gasteiger partial charge in [0, 0.05) is 5.56 Å². The van der Waals surface area contributed by atoms with Gasteiger partial charge >= 0.3 is 0 Å². The van der Waals surface area contributed by atoms with Crippen LogP contribution in [-0.4, -0.2) is 23.4 Å². The van der Waals surface area contributed by atoms with E-state index in [-0.39, 0.29) is 12.5 Å². The van der Waals surface area contributed by atoms with Crippen molar-refractivity contribution in [3.8, 4) is 5.75 Å². The maximum absolute atomic E-state index is 11.1. The summed E-state index contributed by atoms with van der Waals surface area (Å²) >= 11 is 0. The van der Waals surface area contributed by atoms with E-state index in [1.807, 2.05) is 0 Å². The van der Waals surface area contributed by atoms with Gasteiger partial charge in [-0.25, -0.2) is 0 Å². The molecule has 1 heterocycles. The van der Waals surface area contributed by atoms with Crippen LogP contribution >= 0.6 is 0 Å². The van der Waals surface area contributed by atoms with Gasteiger partial charge in [-0.3, -0.25) is 4.79 Å². The maximum atomic E-state index is 11.1. The van der Waals surface area contributed by atoms with E-state index in [9.17, 15) is 4.79 Å². The molecule has 15 heavy (non-hydrogen) atoms. The molecule has 0 saturated heterocycles. The van der Waals surface area contributed by atoms with E-state index >= 15 is 0 Å². The number of amides is 1. The monoisotopic (exact) mass is 206 g/mol. The van der Waals surface area contributed by atoms with Crippen molar-refractivity contribution in [1.82, 2.24) is 0 Å². The Balaban J connectivity index is 2.41. The zero-order valence-electron chi connectivity index (χ0n) is 8.15. The van der Waals surface area contributed by atoms with Crippen molar-refractivity contribution >= 4 is 17.3 Å². The molecule has 1 aliphatic rings. The molecule has 0 fully saturated rings. The fourth-order valence-corrected chi connectivity index (χ4v) is 1.37. The fraction of sp³-hybridized carbons (Fsp3) is 0.200. The van der Waals surface area contributed by atoms with Crippen molar-refractivity contribution in [3.05, 3.63) is 23.8 Å². The quantitative estimate of drug-likeness (QED) is 0.412. The number of carbonyl (C=O) groups is 1. The van der Waals surface area contributed by atoms with Crippen LogP contribution in [0.2, 0.25) is 0 Å². The Morgan fingerprint density at radius 3 is 3.13 bits per heavy atom. The molecule has 1 aromatic carbocycles. The van der Waals surface area contributed by atoms with E-state index in [2.05, 4.69) is 10.5 Å². The average Bonchev–Trinajstić information content (AvgIpc) is 2.27. The van der Waals surface area contributed by atoms with Crippen molar-refractivity contribution in [2.75, 3.05) is 11.9 Å². The summed E-state index contributed by atoms with van der Waals surface area (Å²) in [5.74, 6) is 0.447. The summed E-state index contributed by atoms with van der Waals surface area (Å²) in [4.78, 5) is 11.1. The van der Waals surface area contributed by atoms with Gasteiger partial charge in [-0.2, -0.15) is 0 Å². The molecule has 1 aliphatic heterocycles. The molecule has 0 atom stereocenters. The fourth-order valence-electron chi connectivity index (χ4n) is 1.37. The first-order valence-electron chi connectivity index (χ1n) is 4.46. The van der Waals surface area contributed by atoms with Crippen LogP contribution in [0.3, 0.4) is 0 Å². The van der Waals surface area contributed by atoms with Gasteiger partial charge in [-0.05, 0) is 25.1 Å². The smallest absolute Gasteiger partial charge is 0.262 e. The van der Waals surface area contributed by atoms with Crippen LogP contribution < -0.4 is 10.1 Å². The van der Waals surface area contributed by atoms with E-state index in [4.69, 9.17) is 9.94 Å². The molecule has 1 aromatic rings. The van der Waals surface area contributed by atoms with Gasteiger partial charge in [-0.15, -0.1) is 0 Å². The number of benzene rings is 1. The largest absolute Gasteiger partial charge is 0.482 e. The number of hydrogen-bond donors (Lipinski definition) is 2. The molecule has 0 aromatic heterocycles. The number of carbonyl (C=O) groups excluding carboxylic acids is 1. The van der Waals surface area contributed by atoms with E-state index in [0.717, 1.165) is 5.56 Å². The topological polar surface area (TPSA) is 70.9 Å². The first kappa shape index (κ1) is 9.51. The third kappa shape index (κ3) is 1.76. The summed E-state index contributed by atoms with van der Waals surface area (Å²) in [5, 5.41) is 14.4. The molecule has 0 radical (unpaired) electrons. The average molecular weight is 206 g/mol. The Bertz CT molecular complexity index is 440. The molecule has 2 rings (SSSR count). The highest BCUT2D eigenvalue weighted by molar-refractivity contribution is 6.01. The van der Waals surface area contributed by atoms with E-state index in [1.165, 1.54) is 0 Å². The van der Waals surface area contributed by atoms with Crippen LogP contribution in [0.5, 0.6) is 5.75 Å². The minimum atomic E-state index is -0.182. The van der Waals surface area contributed by atoms with Crippen molar-refractivity contribution in [2.24, 2.45) is 5.16 Å². The lowest BCUT2D eigenvalue weighted by Crippen LogP contribution is -2.25. The van der Waals surface area contributed by atoms with Gasteiger partial charge < -0.3 is 15.3 Å². The van der Waals surface area contributed by atoms with Crippen LogP contribution in [0.15, 0.2) is 23.4 Å². The Labute approximate surface area is 86.4 Å². The van der Waals surface area contributed by atoms with Gasteiger partial charge in [0.2, 0.25) is 0 Å². The normalized spacial score (nSPS) is 15.3. The summed E-state index contributed by atoms with van der Waals surface area (Å²) in [6.45, 7) is 1.71. The van der Waals surface area contributed by atoms with Gasteiger partial charge in [0.05, 0.1) is 11.4 Å². The van der Waals surface area contributed by atoms with E-state index in [1.54, 1.807) is 25.1 Å². The third-order valence-electron chi connectivity index (χ3n) is 2.18. The molecular formula is C10H10N2O3. The first-order chi connectivity index (χ1) is 7.20. The van der Waals surface area contributed by atoms with Crippen LogP contribution in [0.4, 0.5) is 5.69 Å². The zero-order valence-corrected chi connectivity index (χ0v) is 8.15. The predicted molar refractivity (Wildman–Crippen MR) is 54.6 cm³/mol. The van der Waals surface area contributed by atoms with Crippen LogP contribution in [0.1, 0.15) is 12.5 Å². The molecule has 0 aliphatic carbocycles. The molecule has 5 heteroatoms. The van der Waals surface area contributed by atoms with Gasteiger partial charge in [0.1, 0.15) is 5.75 Å². The highest BCUT2D eigenvalue weighted by Gasteiger charge is 2.16. The third-order valence-corrected chi connectivity index (χ3v) is 2.18. The summed E-state index contributed by atoms with van der Waals surface area (Å²) in [7, 11) is 0. The lowest BCUT2D eigenvalue weighted by Gasteiger charge is -2.18. The molecule has 2 N–H and O–H groups in total. The summed E-state index contributed by atoms with van der Waals surface area (Å²) in [6, 6.07) is 5.21. The molecular weight excluding hydrogens is 196 g/mol. The lowest BCUT2D eigenvalue weighted by atomic mass is 10.1. The van der Waals surface area contributed by atoms with Gasteiger partial charge in [0.25, 0.3) is 5.91 Å². The second-order valence-electron chi connectivity index (χ2n) is 3.23. The Morgan fingerprint density at radius 2 is 2.40 bits per heavy atom. The molecule has 1 amide bonds. The Hall–Kier alpha value is -2.04. The predicted octanol–water partition coefficient (Wildman–Crippen LogP) is 1.22. The first-order valence-corrected chi connectivity index (χ1v) is 4.46. The molecule has 5 nitrogen and oxygen atoms in total. The minimum absolute atomic E-state index is 0.0411. The number of hydrogen-bond acceptors (Lipinski definition) is 4. The van der Waals surface area contributed by atoms with E-state index < -0.39 is 0 Å². The van der Waals surface area contributed by atoms with Crippen LogP contribution in [-0.2, 0) is 4.79 Å². The van der Waals surface area contributed by atoms with Crippen molar-refractivity contribution < 1.29 is 14.7 Å². The minimum Gasteiger partial charge on any atom is -0.482 e. The molecule has 0 spiro atoms. The number of ether oxygens (including phenoxy) is 1. The number of nitrogens with zero attached hydrogens (tertiary/aromatic N) is 1. The lowest BCUT2D eigenvalue weighted by molar-refractivity contribution is -0.118. The summed E-state index contributed by atoms with van der Waals surface area (Å²) in [6.07, 6.45) is 0. The number of nitrogens with one attached hydrogen (secondary N) is 1. The standard InChI is InChI=1S/C10H10N2O3/c1-6(12-14)7-2-3-9-8(4-7)11-10(13)5-15-9/h2-4,14H,5H2,1H3,(H,11,13). The molecule has 0 unspecified atom stereocenters. The van der Waals surface area contributed by atoms with Crippen LogP contribution in [0.25, 0.3) is 0 Å². The number of oxime groups is 1. The maximum Gasteiger partial charge on any atom is 0.262 e. The van der Waals surface area contributed by atoms with Crippen LogP contribution in [0, 0.1) is 0 Å². The van der Waals surface area contributed by atoms with Crippen molar-refractivity contribution in [1.29, 1.82) is 0 Å². The number of anilines is 1. The Morgan fingerprint density at radius 1 is 1.60 bits per heavy atom. The molecule has 0 saturated carbocycles. The summed E-state index contributed by atoms with van der Waals surface area (Å²) < 4.78 is 5.19. The SMILES string of the molecule is CC(=NO)c1ccc2c(c1)NC(=O)CO2. The number of rotatable bonds is 1. The number of fused-ring (bicyclic) bond motifs is 1. The van der Waals surface area contributed by atoms with E-state index in [0.29, 0.717) is 17.1 Å². The molecule has 78 valence electrons. The summed E-state index contributed by atoms with van der Waals surface area (Å²) in [5.41, 5.74) is 1.83. The second-order valence-corrected chi connectivity index (χ2v) is 3.23. The Kier molecular flexibility index (Phi) is 2.29. The zero-order chi connectivity index (χ0) is 10.8. The van der Waals surface area contributed by atoms with Gasteiger partial charge in [0.15, 0.2) is 6.61 Å². The second kappa shape index (κ2) is 3.61. The highest BCUT2D eigenvalue weighted by atomic mass is 16.5. The van der Waals surface area contributed by atoms with Crippen molar-refractivity contribution in [3.63, 3.8) is 0 Å². The molecule has 0 bridgehead atoms. The van der Waals surface area contributed by atoms with Gasteiger partial charge in [-0.1, -0.05) is 5.16 Å².